The lowest BCUT2D eigenvalue weighted by molar-refractivity contribution is 0.245. The first-order valence-electron chi connectivity index (χ1n) is 6.68. The third-order valence-corrected chi connectivity index (χ3v) is 5.21. The zero-order valence-corrected chi connectivity index (χ0v) is 13.1. The highest BCUT2D eigenvalue weighted by atomic mass is 35.5. The molecule has 2 rings (SSSR count). The summed E-state index contributed by atoms with van der Waals surface area (Å²) in [5.41, 5.74) is 0.698. The summed E-state index contributed by atoms with van der Waals surface area (Å²) in [5.74, 6) is 0. The molecular formula is C13H20ClN3O2S. The molecule has 0 atom stereocenters. The Labute approximate surface area is 125 Å². The van der Waals surface area contributed by atoms with E-state index in [1.807, 2.05) is 0 Å². The standard InChI is InChI=1S/C13H20ClN3O2S/c1-11-2-3-12(14)10-13(11)20(18,19)16-6-9-17-7-4-15-5-8-17/h2-3,10,15-16H,4-9H2,1H3. The molecule has 7 heteroatoms. The number of sulfonamides is 1. The maximum Gasteiger partial charge on any atom is 0.240 e. The second-order valence-electron chi connectivity index (χ2n) is 4.90. The van der Waals surface area contributed by atoms with Gasteiger partial charge in [0, 0.05) is 44.3 Å². The van der Waals surface area contributed by atoms with Gasteiger partial charge in [-0.2, -0.15) is 0 Å². The van der Waals surface area contributed by atoms with Crippen LogP contribution >= 0.6 is 11.6 Å². The molecule has 0 aromatic heterocycles. The topological polar surface area (TPSA) is 61.4 Å². The van der Waals surface area contributed by atoms with E-state index in [1.165, 1.54) is 6.07 Å². The Kier molecular flexibility index (Phi) is 5.40. The monoisotopic (exact) mass is 317 g/mol. The summed E-state index contributed by atoms with van der Waals surface area (Å²) in [5, 5.41) is 3.69. The molecule has 0 spiro atoms. The van der Waals surface area contributed by atoms with Crippen LogP contribution in [0.4, 0.5) is 0 Å². The van der Waals surface area contributed by atoms with Gasteiger partial charge in [0.05, 0.1) is 4.90 Å². The molecule has 20 heavy (non-hydrogen) atoms. The van der Waals surface area contributed by atoms with E-state index in [-0.39, 0.29) is 4.90 Å². The predicted molar refractivity (Wildman–Crippen MR) is 80.7 cm³/mol. The minimum atomic E-state index is -3.49. The van der Waals surface area contributed by atoms with Crippen LogP contribution in [0.5, 0.6) is 0 Å². The highest BCUT2D eigenvalue weighted by Gasteiger charge is 2.17. The van der Waals surface area contributed by atoms with Crippen molar-refractivity contribution in [3.05, 3.63) is 28.8 Å². The first-order valence-corrected chi connectivity index (χ1v) is 8.54. The Balaban J connectivity index is 1.95. The fourth-order valence-corrected chi connectivity index (χ4v) is 3.74. The highest BCUT2D eigenvalue weighted by Crippen LogP contribution is 2.19. The number of benzene rings is 1. The van der Waals surface area contributed by atoms with E-state index in [0.717, 1.165) is 32.7 Å². The van der Waals surface area contributed by atoms with Gasteiger partial charge in [-0.3, -0.25) is 4.90 Å². The first kappa shape index (κ1) is 15.7. The van der Waals surface area contributed by atoms with Gasteiger partial charge in [0.15, 0.2) is 0 Å². The number of nitrogens with one attached hydrogen (secondary N) is 2. The van der Waals surface area contributed by atoms with E-state index < -0.39 is 10.0 Å². The van der Waals surface area contributed by atoms with Crippen molar-refractivity contribution >= 4 is 21.6 Å². The first-order chi connectivity index (χ1) is 9.49. The van der Waals surface area contributed by atoms with Crippen LogP contribution < -0.4 is 10.0 Å². The minimum absolute atomic E-state index is 0.255. The quantitative estimate of drug-likeness (QED) is 0.844. The van der Waals surface area contributed by atoms with Crippen molar-refractivity contribution in [2.75, 3.05) is 39.3 Å². The molecule has 1 aliphatic heterocycles. The Morgan fingerprint density at radius 3 is 2.75 bits per heavy atom. The van der Waals surface area contributed by atoms with Crippen LogP contribution in [0.2, 0.25) is 5.02 Å². The molecule has 1 aromatic carbocycles. The van der Waals surface area contributed by atoms with Crippen LogP contribution in [0.3, 0.4) is 0 Å². The Morgan fingerprint density at radius 2 is 2.05 bits per heavy atom. The third-order valence-electron chi connectivity index (χ3n) is 3.37. The van der Waals surface area contributed by atoms with Gasteiger partial charge in [-0.15, -0.1) is 0 Å². The SMILES string of the molecule is Cc1ccc(Cl)cc1S(=O)(=O)NCCN1CCNCC1. The van der Waals surface area contributed by atoms with Crippen molar-refractivity contribution in [1.29, 1.82) is 0 Å². The zero-order chi connectivity index (χ0) is 14.6. The Morgan fingerprint density at radius 1 is 1.35 bits per heavy atom. The number of hydrogen-bond donors (Lipinski definition) is 2. The number of nitrogens with zero attached hydrogens (tertiary/aromatic N) is 1. The van der Waals surface area contributed by atoms with Crippen molar-refractivity contribution in [2.45, 2.75) is 11.8 Å². The van der Waals surface area contributed by atoms with Crippen molar-refractivity contribution in [3.8, 4) is 0 Å². The van der Waals surface area contributed by atoms with Gasteiger partial charge in [0.2, 0.25) is 10.0 Å². The summed E-state index contributed by atoms with van der Waals surface area (Å²) in [6.45, 7) is 6.73. The average Bonchev–Trinajstić information content (AvgIpc) is 2.42. The van der Waals surface area contributed by atoms with E-state index in [9.17, 15) is 8.42 Å². The van der Waals surface area contributed by atoms with E-state index >= 15 is 0 Å². The van der Waals surface area contributed by atoms with Gasteiger partial charge in [-0.25, -0.2) is 13.1 Å². The summed E-state index contributed by atoms with van der Waals surface area (Å²) < 4.78 is 27.1. The van der Waals surface area contributed by atoms with Crippen molar-refractivity contribution < 1.29 is 8.42 Å². The van der Waals surface area contributed by atoms with Crippen LogP contribution in [0.1, 0.15) is 5.56 Å². The number of piperazine rings is 1. The molecule has 0 bridgehead atoms. The molecule has 1 heterocycles. The number of hydrogen-bond acceptors (Lipinski definition) is 4. The van der Waals surface area contributed by atoms with Crippen molar-refractivity contribution in [2.24, 2.45) is 0 Å². The van der Waals surface area contributed by atoms with E-state index in [1.54, 1.807) is 19.1 Å². The summed E-state index contributed by atoms with van der Waals surface area (Å²) in [6, 6.07) is 4.90. The third kappa shape index (κ3) is 4.17. The van der Waals surface area contributed by atoms with E-state index in [4.69, 9.17) is 11.6 Å². The molecule has 1 aromatic rings. The van der Waals surface area contributed by atoms with Crippen LogP contribution in [-0.2, 0) is 10.0 Å². The Hall–Kier alpha value is -0.660. The molecule has 2 N–H and O–H groups in total. The molecular weight excluding hydrogens is 298 g/mol. The average molecular weight is 318 g/mol. The number of rotatable bonds is 5. The smallest absolute Gasteiger partial charge is 0.240 e. The minimum Gasteiger partial charge on any atom is -0.314 e. The molecule has 0 aliphatic carbocycles. The maximum atomic E-state index is 12.2. The molecule has 0 saturated carbocycles. The number of aryl methyl sites for hydroxylation is 1. The summed E-state index contributed by atoms with van der Waals surface area (Å²) in [6.07, 6.45) is 0. The molecule has 0 unspecified atom stereocenters. The second kappa shape index (κ2) is 6.87. The van der Waals surface area contributed by atoms with Gasteiger partial charge in [-0.1, -0.05) is 17.7 Å². The lowest BCUT2D eigenvalue weighted by atomic mass is 10.2. The molecule has 0 radical (unpaired) electrons. The van der Waals surface area contributed by atoms with Crippen LogP contribution in [0, 0.1) is 6.92 Å². The van der Waals surface area contributed by atoms with Gasteiger partial charge in [-0.05, 0) is 24.6 Å². The predicted octanol–water partition coefficient (Wildman–Crippen LogP) is 0.832. The van der Waals surface area contributed by atoms with Crippen molar-refractivity contribution in [3.63, 3.8) is 0 Å². The lowest BCUT2D eigenvalue weighted by Crippen LogP contribution is -2.46. The van der Waals surface area contributed by atoms with Gasteiger partial charge in [0.1, 0.15) is 0 Å². The molecule has 0 amide bonds. The summed E-state index contributed by atoms with van der Waals surface area (Å²) in [4.78, 5) is 2.49. The molecule has 1 aliphatic rings. The molecule has 1 fully saturated rings. The molecule has 5 nitrogen and oxygen atoms in total. The Bertz CT molecular complexity index is 557. The van der Waals surface area contributed by atoms with Crippen LogP contribution in [0.15, 0.2) is 23.1 Å². The van der Waals surface area contributed by atoms with Crippen LogP contribution in [0.25, 0.3) is 0 Å². The van der Waals surface area contributed by atoms with Crippen LogP contribution in [-0.4, -0.2) is 52.6 Å². The highest BCUT2D eigenvalue weighted by molar-refractivity contribution is 7.89. The fraction of sp³-hybridized carbons (Fsp3) is 0.538. The normalized spacial score (nSPS) is 17.3. The van der Waals surface area contributed by atoms with E-state index in [0.29, 0.717) is 17.1 Å². The van der Waals surface area contributed by atoms with Crippen molar-refractivity contribution in [1.82, 2.24) is 14.9 Å². The second-order valence-corrected chi connectivity index (χ2v) is 7.07. The summed E-state index contributed by atoms with van der Waals surface area (Å²) >= 11 is 5.87. The fourth-order valence-electron chi connectivity index (χ4n) is 2.21. The molecule has 1 saturated heterocycles. The maximum absolute atomic E-state index is 12.2. The largest absolute Gasteiger partial charge is 0.314 e. The zero-order valence-electron chi connectivity index (χ0n) is 11.5. The van der Waals surface area contributed by atoms with E-state index in [2.05, 4.69) is 14.9 Å². The number of halogens is 1. The molecule has 112 valence electrons. The van der Waals surface area contributed by atoms with Gasteiger partial charge < -0.3 is 5.32 Å². The van der Waals surface area contributed by atoms with Gasteiger partial charge in [0.25, 0.3) is 0 Å². The summed E-state index contributed by atoms with van der Waals surface area (Å²) in [7, 11) is -3.49. The van der Waals surface area contributed by atoms with Gasteiger partial charge >= 0.3 is 0 Å². The lowest BCUT2D eigenvalue weighted by Gasteiger charge is -2.27.